The number of nitrogens with zero attached hydrogens (tertiary/aromatic N) is 3. The summed E-state index contributed by atoms with van der Waals surface area (Å²) in [6.07, 6.45) is 1.66. The number of aliphatic hydroxyl groups excluding tert-OH is 1. The maximum Gasteiger partial charge on any atom is 0.252 e. The molecule has 7 nitrogen and oxygen atoms in total. The summed E-state index contributed by atoms with van der Waals surface area (Å²) in [6, 6.07) is 10.7. The molecule has 0 bridgehead atoms. The van der Waals surface area contributed by atoms with E-state index in [1.807, 2.05) is 31.2 Å². The summed E-state index contributed by atoms with van der Waals surface area (Å²) >= 11 is 0. The van der Waals surface area contributed by atoms with Crippen LogP contribution in [0.4, 0.5) is 5.95 Å². The number of nitrogens with one attached hydrogen (secondary N) is 1. The number of rotatable bonds is 6. The van der Waals surface area contributed by atoms with Crippen molar-refractivity contribution in [2.24, 2.45) is 0 Å². The van der Waals surface area contributed by atoms with E-state index >= 15 is 0 Å². The molecule has 0 aliphatic rings. The topological polar surface area (TPSA) is 100 Å². The summed E-state index contributed by atoms with van der Waals surface area (Å²) < 4.78 is 1.46. The van der Waals surface area contributed by atoms with Crippen LogP contribution in [-0.2, 0) is 13.2 Å². The van der Waals surface area contributed by atoms with Crippen LogP contribution in [0.3, 0.4) is 0 Å². The highest BCUT2D eigenvalue weighted by atomic mass is 16.3. The molecule has 0 aliphatic heterocycles. The fraction of sp³-hybridized carbons (Fsp3) is 0.350. The lowest BCUT2D eigenvalue weighted by Gasteiger charge is -2.20. The molecule has 0 aliphatic carbocycles. The lowest BCUT2D eigenvalue weighted by molar-refractivity contribution is 0.0616. The average molecular weight is 368 g/mol. The van der Waals surface area contributed by atoms with E-state index < -0.39 is 5.60 Å². The van der Waals surface area contributed by atoms with Gasteiger partial charge in [-0.25, -0.2) is 4.98 Å². The summed E-state index contributed by atoms with van der Waals surface area (Å²) in [4.78, 5) is 21.1. The van der Waals surface area contributed by atoms with Crippen molar-refractivity contribution in [2.45, 2.75) is 45.6 Å². The molecular weight excluding hydrogens is 344 g/mol. The molecule has 27 heavy (non-hydrogen) atoms. The lowest BCUT2D eigenvalue weighted by atomic mass is 10.1. The zero-order valence-electron chi connectivity index (χ0n) is 15.7. The highest BCUT2D eigenvalue weighted by molar-refractivity contribution is 5.75. The fourth-order valence-electron chi connectivity index (χ4n) is 2.87. The fourth-order valence-corrected chi connectivity index (χ4v) is 2.87. The Hall–Kier alpha value is -2.77. The second-order valence-electron chi connectivity index (χ2n) is 7.31. The van der Waals surface area contributed by atoms with Gasteiger partial charge in [-0.15, -0.1) is 0 Å². The molecule has 3 aromatic rings. The van der Waals surface area contributed by atoms with Gasteiger partial charge in [0.2, 0.25) is 5.95 Å². The van der Waals surface area contributed by atoms with Gasteiger partial charge in [0, 0.05) is 17.6 Å². The number of anilines is 1. The molecule has 7 heteroatoms. The number of aliphatic hydroxyl groups is 2. The third kappa shape index (κ3) is 4.50. The lowest BCUT2D eigenvalue weighted by Crippen LogP contribution is -2.33. The number of pyridine rings is 1. The number of benzene rings is 1. The maximum absolute atomic E-state index is 12.3. The van der Waals surface area contributed by atoms with Gasteiger partial charge in [-0.05, 0) is 38.0 Å². The third-order valence-electron chi connectivity index (χ3n) is 4.28. The zero-order valence-corrected chi connectivity index (χ0v) is 15.7. The first-order chi connectivity index (χ1) is 12.8. The molecule has 3 N–H and O–H groups in total. The Balaban J connectivity index is 1.93. The van der Waals surface area contributed by atoms with E-state index in [2.05, 4.69) is 15.3 Å². The Morgan fingerprint density at radius 2 is 1.89 bits per heavy atom. The Morgan fingerprint density at radius 3 is 2.52 bits per heavy atom. The monoisotopic (exact) mass is 368 g/mol. The second-order valence-corrected chi connectivity index (χ2v) is 7.31. The normalized spacial score (nSPS) is 12.9. The molecule has 2 heterocycles. The van der Waals surface area contributed by atoms with Gasteiger partial charge in [-0.3, -0.25) is 9.36 Å². The molecule has 0 fully saturated rings. The largest absolute Gasteiger partial charge is 0.392 e. The van der Waals surface area contributed by atoms with Crippen LogP contribution >= 0.6 is 0 Å². The van der Waals surface area contributed by atoms with Gasteiger partial charge in [-0.1, -0.05) is 24.3 Å². The van der Waals surface area contributed by atoms with Crippen molar-refractivity contribution in [3.05, 3.63) is 64.1 Å². The van der Waals surface area contributed by atoms with Gasteiger partial charge < -0.3 is 15.5 Å². The average Bonchev–Trinajstić information content (AvgIpc) is 2.63. The van der Waals surface area contributed by atoms with Crippen LogP contribution in [-0.4, -0.2) is 30.3 Å². The van der Waals surface area contributed by atoms with Crippen molar-refractivity contribution in [3.63, 3.8) is 0 Å². The van der Waals surface area contributed by atoms with E-state index in [9.17, 15) is 9.90 Å². The summed E-state index contributed by atoms with van der Waals surface area (Å²) in [5.74, 6) is 0.399. The summed E-state index contributed by atoms with van der Waals surface area (Å²) in [6.45, 7) is 5.43. The predicted molar refractivity (Wildman–Crippen MR) is 104 cm³/mol. The van der Waals surface area contributed by atoms with Crippen molar-refractivity contribution < 1.29 is 10.2 Å². The SMILES string of the molecule is CC(Nc1ncc2ccc(=O)n(CC(C)(C)O)c2n1)c1ccc(CO)cc1. The van der Waals surface area contributed by atoms with E-state index in [4.69, 9.17) is 5.11 Å². The number of hydrogen-bond donors (Lipinski definition) is 3. The minimum atomic E-state index is -1.04. The smallest absolute Gasteiger partial charge is 0.252 e. The second kappa shape index (κ2) is 7.46. The van der Waals surface area contributed by atoms with Crippen molar-refractivity contribution in [3.8, 4) is 0 Å². The maximum atomic E-state index is 12.3. The van der Waals surface area contributed by atoms with E-state index in [0.717, 1.165) is 16.5 Å². The van der Waals surface area contributed by atoms with E-state index in [0.29, 0.717) is 11.6 Å². The molecular formula is C20H24N4O3. The van der Waals surface area contributed by atoms with Crippen LogP contribution < -0.4 is 10.9 Å². The molecule has 0 amide bonds. The molecule has 0 saturated heterocycles. The van der Waals surface area contributed by atoms with Crippen LogP contribution in [0.2, 0.25) is 0 Å². The van der Waals surface area contributed by atoms with Gasteiger partial charge >= 0.3 is 0 Å². The van der Waals surface area contributed by atoms with Crippen molar-refractivity contribution in [2.75, 3.05) is 5.32 Å². The standard InChI is InChI=1S/C20H24N4O3/c1-13(15-6-4-14(11-25)5-7-15)22-19-21-10-16-8-9-17(26)24(18(16)23-19)12-20(2,3)27/h4-10,13,25,27H,11-12H2,1-3H3,(H,21,22,23). The highest BCUT2D eigenvalue weighted by Gasteiger charge is 2.17. The molecule has 142 valence electrons. The first kappa shape index (κ1) is 19.0. The first-order valence-corrected chi connectivity index (χ1v) is 8.82. The minimum Gasteiger partial charge on any atom is -0.392 e. The van der Waals surface area contributed by atoms with Gasteiger partial charge in [0.1, 0.15) is 5.65 Å². The van der Waals surface area contributed by atoms with E-state index in [1.54, 1.807) is 26.1 Å². The summed E-state index contributed by atoms with van der Waals surface area (Å²) in [5, 5.41) is 23.2. The quantitative estimate of drug-likeness (QED) is 0.617. The molecule has 2 aromatic heterocycles. The number of aromatic nitrogens is 3. The molecule has 1 unspecified atom stereocenters. The van der Waals surface area contributed by atoms with Crippen LogP contribution in [0.15, 0.2) is 47.4 Å². The Bertz CT molecular complexity index is 991. The Kier molecular flexibility index (Phi) is 5.25. The van der Waals surface area contributed by atoms with Crippen LogP contribution in [0.1, 0.15) is 37.9 Å². The molecule has 1 atom stereocenters. The molecule has 0 radical (unpaired) electrons. The molecule has 3 rings (SSSR count). The van der Waals surface area contributed by atoms with Gasteiger partial charge in [0.15, 0.2) is 0 Å². The van der Waals surface area contributed by atoms with Gasteiger partial charge in [-0.2, -0.15) is 4.98 Å². The zero-order chi connectivity index (χ0) is 19.6. The molecule has 0 saturated carbocycles. The van der Waals surface area contributed by atoms with Crippen LogP contribution in [0.5, 0.6) is 0 Å². The van der Waals surface area contributed by atoms with E-state index in [1.165, 1.54) is 10.6 Å². The molecule has 0 spiro atoms. The van der Waals surface area contributed by atoms with Crippen molar-refractivity contribution >= 4 is 17.0 Å². The molecule has 1 aromatic carbocycles. The third-order valence-corrected chi connectivity index (χ3v) is 4.28. The predicted octanol–water partition coefficient (Wildman–Crippen LogP) is 2.23. The van der Waals surface area contributed by atoms with Crippen LogP contribution in [0, 0.1) is 0 Å². The Morgan fingerprint density at radius 1 is 1.19 bits per heavy atom. The summed E-state index contributed by atoms with van der Waals surface area (Å²) in [5.41, 5.74) is 1.09. The van der Waals surface area contributed by atoms with Gasteiger partial charge in [0.25, 0.3) is 5.56 Å². The number of hydrogen-bond acceptors (Lipinski definition) is 6. The highest BCUT2D eigenvalue weighted by Crippen LogP contribution is 2.19. The Labute approximate surface area is 157 Å². The van der Waals surface area contributed by atoms with E-state index in [-0.39, 0.29) is 24.8 Å². The number of fused-ring (bicyclic) bond motifs is 1. The van der Waals surface area contributed by atoms with Crippen molar-refractivity contribution in [1.82, 2.24) is 14.5 Å². The van der Waals surface area contributed by atoms with Crippen LogP contribution in [0.25, 0.3) is 11.0 Å². The summed E-state index contributed by atoms with van der Waals surface area (Å²) in [7, 11) is 0. The van der Waals surface area contributed by atoms with Gasteiger partial charge in [0.05, 0.1) is 24.8 Å². The first-order valence-electron chi connectivity index (χ1n) is 8.82. The van der Waals surface area contributed by atoms with Crippen molar-refractivity contribution in [1.29, 1.82) is 0 Å². The minimum absolute atomic E-state index is 0.00854.